The van der Waals surface area contributed by atoms with Crippen molar-refractivity contribution in [2.24, 2.45) is 0 Å². The number of hydrogen-bond acceptors (Lipinski definition) is 4. The lowest BCUT2D eigenvalue weighted by molar-refractivity contribution is -0.274. The molecule has 1 aliphatic heterocycles. The normalized spacial score (nSPS) is 17.7. The second kappa shape index (κ2) is 10.4. The highest BCUT2D eigenvalue weighted by atomic mass is 32.2. The van der Waals surface area contributed by atoms with E-state index in [1.807, 2.05) is 37.3 Å². The number of carbonyl (C=O) groups is 1. The molecular formula is C24H29F3N2O4S. The third-order valence-electron chi connectivity index (χ3n) is 6.35. The Morgan fingerprint density at radius 3 is 2.26 bits per heavy atom. The molecule has 1 heterocycles. The molecular weight excluding hydrogens is 469 g/mol. The maximum atomic E-state index is 13.0. The lowest BCUT2D eigenvalue weighted by Gasteiger charge is -2.45. The van der Waals surface area contributed by atoms with Crippen molar-refractivity contribution >= 4 is 15.9 Å². The molecule has 10 heteroatoms. The fourth-order valence-corrected chi connectivity index (χ4v) is 6.09. The predicted octanol–water partition coefficient (Wildman–Crippen LogP) is 4.48. The first-order valence-electron chi connectivity index (χ1n) is 11.2. The molecule has 1 aliphatic rings. The van der Waals surface area contributed by atoms with Crippen molar-refractivity contribution in [1.82, 2.24) is 9.62 Å². The standard InChI is InChI=1S/C24H29F3N2O4S/c1-3-17-34(31,32)29-15-13-23(14-16-29,19-9-5-4-6-10-19)18(2)28-22(30)20-11-7-8-12-21(20)33-24(25,26)27/h4-12,18H,3,13-17H2,1-2H3,(H,28,30)/t18-/m0/s1. The first-order chi connectivity index (χ1) is 16.0. The van der Waals surface area contributed by atoms with Crippen molar-refractivity contribution in [3.63, 3.8) is 0 Å². The number of carbonyl (C=O) groups excluding carboxylic acids is 1. The molecule has 1 N–H and O–H groups in total. The minimum atomic E-state index is -4.93. The fraction of sp³-hybridized carbons (Fsp3) is 0.458. The van der Waals surface area contributed by atoms with Crippen molar-refractivity contribution < 1.29 is 31.1 Å². The quantitative estimate of drug-likeness (QED) is 0.583. The topological polar surface area (TPSA) is 75.7 Å². The van der Waals surface area contributed by atoms with Gasteiger partial charge in [-0.05, 0) is 43.9 Å². The highest BCUT2D eigenvalue weighted by molar-refractivity contribution is 7.89. The van der Waals surface area contributed by atoms with Crippen molar-refractivity contribution in [3.8, 4) is 5.75 Å². The molecule has 6 nitrogen and oxygen atoms in total. The Labute approximate surface area is 198 Å². The molecule has 0 aromatic heterocycles. The van der Waals surface area contributed by atoms with Crippen molar-refractivity contribution in [2.75, 3.05) is 18.8 Å². The Morgan fingerprint density at radius 1 is 1.09 bits per heavy atom. The Hall–Kier alpha value is -2.59. The first kappa shape index (κ1) is 26.0. The van der Waals surface area contributed by atoms with Crippen LogP contribution in [0.5, 0.6) is 5.75 Å². The van der Waals surface area contributed by atoms with Crippen LogP contribution in [0.3, 0.4) is 0 Å². The van der Waals surface area contributed by atoms with E-state index in [4.69, 9.17) is 0 Å². The van der Waals surface area contributed by atoms with Crippen LogP contribution in [0.25, 0.3) is 0 Å². The summed E-state index contributed by atoms with van der Waals surface area (Å²) >= 11 is 0. The molecule has 0 saturated carbocycles. The van der Waals surface area contributed by atoms with E-state index in [-0.39, 0.29) is 11.3 Å². The third-order valence-corrected chi connectivity index (χ3v) is 8.43. The lowest BCUT2D eigenvalue weighted by atomic mass is 9.68. The molecule has 186 valence electrons. The van der Waals surface area contributed by atoms with Crippen LogP contribution in [0.1, 0.15) is 49.0 Å². The van der Waals surface area contributed by atoms with E-state index in [0.29, 0.717) is 32.4 Å². The average Bonchev–Trinajstić information content (AvgIpc) is 2.79. The van der Waals surface area contributed by atoms with Crippen LogP contribution in [0.15, 0.2) is 54.6 Å². The van der Waals surface area contributed by atoms with Crippen LogP contribution in [-0.2, 0) is 15.4 Å². The summed E-state index contributed by atoms with van der Waals surface area (Å²) in [5.41, 5.74) is 0.127. The number of para-hydroxylation sites is 1. The summed E-state index contributed by atoms with van der Waals surface area (Å²) < 4.78 is 69.1. The molecule has 1 fully saturated rings. The van der Waals surface area contributed by atoms with Gasteiger partial charge < -0.3 is 10.1 Å². The number of piperidine rings is 1. The van der Waals surface area contributed by atoms with Crippen LogP contribution in [0, 0.1) is 0 Å². The van der Waals surface area contributed by atoms with E-state index in [2.05, 4.69) is 10.1 Å². The maximum absolute atomic E-state index is 13.0. The van der Waals surface area contributed by atoms with Gasteiger partial charge in [0.25, 0.3) is 5.91 Å². The lowest BCUT2D eigenvalue weighted by Crippen LogP contribution is -2.55. The minimum absolute atomic E-state index is 0.0770. The van der Waals surface area contributed by atoms with Gasteiger partial charge in [-0.3, -0.25) is 4.79 Å². The molecule has 0 spiro atoms. The molecule has 1 saturated heterocycles. The zero-order valence-electron chi connectivity index (χ0n) is 19.1. The highest BCUT2D eigenvalue weighted by Gasteiger charge is 2.44. The number of nitrogens with zero attached hydrogens (tertiary/aromatic N) is 1. The van der Waals surface area contributed by atoms with Crippen LogP contribution in [-0.4, -0.2) is 49.9 Å². The van der Waals surface area contributed by atoms with E-state index in [0.717, 1.165) is 11.6 Å². The number of alkyl halides is 3. The molecule has 3 rings (SSSR count). The second-order valence-corrected chi connectivity index (χ2v) is 10.6. The molecule has 0 unspecified atom stereocenters. The van der Waals surface area contributed by atoms with E-state index in [1.54, 1.807) is 6.92 Å². The molecule has 2 aromatic carbocycles. The Balaban J connectivity index is 1.86. The molecule has 1 atom stereocenters. The van der Waals surface area contributed by atoms with Crippen LogP contribution in [0.4, 0.5) is 13.2 Å². The number of ether oxygens (including phenoxy) is 1. The van der Waals surface area contributed by atoms with E-state index < -0.39 is 39.5 Å². The van der Waals surface area contributed by atoms with Gasteiger partial charge in [-0.25, -0.2) is 12.7 Å². The number of benzene rings is 2. The molecule has 2 aromatic rings. The summed E-state index contributed by atoms with van der Waals surface area (Å²) in [6.07, 6.45) is -3.48. The predicted molar refractivity (Wildman–Crippen MR) is 123 cm³/mol. The van der Waals surface area contributed by atoms with Gasteiger partial charge in [0.15, 0.2) is 0 Å². The van der Waals surface area contributed by atoms with Gasteiger partial charge in [-0.2, -0.15) is 0 Å². The summed E-state index contributed by atoms with van der Waals surface area (Å²) in [6, 6.07) is 14.2. The molecule has 0 bridgehead atoms. The van der Waals surface area contributed by atoms with Gasteiger partial charge in [-0.15, -0.1) is 13.2 Å². The number of nitrogens with one attached hydrogen (secondary N) is 1. The number of hydrogen-bond donors (Lipinski definition) is 1. The largest absolute Gasteiger partial charge is 0.573 e. The van der Waals surface area contributed by atoms with Crippen LogP contribution in [0.2, 0.25) is 0 Å². The number of rotatable bonds is 8. The summed E-state index contributed by atoms with van der Waals surface area (Å²) in [5, 5.41) is 2.86. The number of amides is 1. The molecule has 0 aliphatic carbocycles. The van der Waals surface area contributed by atoms with Crippen LogP contribution < -0.4 is 10.1 Å². The molecule has 34 heavy (non-hydrogen) atoms. The van der Waals surface area contributed by atoms with Crippen molar-refractivity contribution in [2.45, 2.75) is 50.9 Å². The molecule has 0 radical (unpaired) electrons. The Bertz CT molecular complexity index is 1080. The average molecular weight is 499 g/mol. The second-order valence-electron chi connectivity index (χ2n) is 8.48. The summed E-state index contributed by atoms with van der Waals surface area (Å²) in [4.78, 5) is 13.0. The van der Waals surface area contributed by atoms with Crippen molar-refractivity contribution in [1.29, 1.82) is 0 Å². The number of sulfonamides is 1. The van der Waals surface area contributed by atoms with Crippen LogP contribution >= 0.6 is 0 Å². The smallest absolute Gasteiger partial charge is 0.405 e. The van der Waals surface area contributed by atoms with Gasteiger partial charge in [0.1, 0.15) is 5.75 Å². The maximum Gasteiger partial charge on any atom is 0.573 e. The zero-order valence-corrected chi connectivity index (χ0v) is 20.0. The highest BCUT2D eigenvalue weighted by Crippen LogP contribution is 2.40. The van der Waals surface area contributed by atoms with E-state index in [9.17, 15) is 26.4 Å². The zero-order chi connectivity index (χ0) is 25.0. The minimum Gasteiger partial charge on any atom is -0.405 e. The third kappa shape index (κ3) is 5.90. The fourth-order valence-electron chi connectivity index (χ4n) is 4.57. The number of halogens is 3. The summed E-state index contributed by atoms with van der Waals surface area (Å²) in [6.45, 7) is 4.21. The van der Waals surface area contributed by atoms with Gasteiger partial charge >= 0.3 is 6.36 Å². The van der Waals surface area contributed by atoms with Gasteiger partial charge in [0.2, 0.25) is 10.0 Å². The summed E-state index contributed by atoms with van der Waals surface area (Å²) in [7, 11) is -3.36. The van der Waals surface area contributed by atoms with E-state index in [1.165, 1.54) is 22.5 Å². The summed E-state index contributed by atoms with van der Waals surface area (Å²) in [5.74, 6) is -1.19. The van der Waals surface area contributed by atoms with E-state index >= 15 is 0 Å². The van der Waals surface area contributed by atoms with Gasteiger partial charge in [-0.1, -0.05) is 49.4 Å². The monoisotopic (exact) mass is 498 g/mol. The Morgan fingerprint density at radius 2 is 1.68 bits per heavy atom. The van der Waals surface area contributed by atoms with Gasteiger partial charge in [0, 0.05) is 24.5 Å². The Kier molecular flexibility index (Phi) is 7.92. The first-order valence-corrected chi connectivity index (χ1v) is 12.8. The van der Waals surface area contributed by atoms with Crippen molar-refractivity contribution in [3.05, 3.63) is 65.7 Å². The van der Waals surface area contributed by atoms with Gasteiger partial charge in [0.05, 0.1) is 11.3 Å². The molecule has 1 amide bonds. The SMILES string of the molecule is CCCS(=O)(=O)N1CCC(c2ccccc2)([C@H](C)NC(=O)c2ccccc2OC(F)(F)F)CC1.